The number of methoxy groups -OCH3 is 1. The van der Waals surface area contributed by atoms with E-state index in [2.05, 4.69) is 10.3 Å². The molecule has 1 aromatic rings. The van der Waals surface area contributed by atoms with Crippen molar-refractivity contribution in [2.24, 2.45) is 10.7 Å². The summed E-state index contributed by atoms with van der Waals surface area (Å²) in [6.45, 7) is 3.25. The summed E-state index contributed by atoms with van der Waals surface area (Å²) < 4.78 is 5.00. The Bertz CT molecular complexity index is 378. The van der Waals surface area contributed by atoms with Crippen molar-refractivity contribution in [1.29, 1.82) is 0 Å². The monoisotopic (exact) mass is 269 g/mol. The van der Waals surface area contributed by atoms with Crippen molar-refractivity contribution in [3.63, 3.8) is 0 Å². The van der Waals surface area contributed by atoms with E-state index in [0.29, 0.717) is 19.1 Å². The Morgan fingerprint density at radius 1 is 1.44 bits per heavy atom. The van der Waals surface area contributed by atoms with Gasteiger partial charge in [-0.25, -0.2) is 0 Å². The van der Waals surface area contributed by atoms with Gasteiger partial charge in [0.1, 0.15) is 0 Å². The molecule has 3 N–H and O–H groups in total. The highest BCUT2D eigenvalue weighted by Gasteiger charge is 2.01. The molecule has 1 aromatic carbocycles. The fraction of sp³-hybridized carbons (Fsp3) is 0.462. The Morgan fingerprint density at radius 3 is 2.72 bits per heavy atom. The van der Waals surface area contributed by atoms with Gasteiger partial charge < -0.3 is 15.8 Å². The third kappa shape index (κ3) is 5.89. The number of hydrogen-bond donors (Lipinski definition) is 2. The Morgan fingerprint density at radius 2 is 2.11 bits per heavy atom. The van der Waals surface area contributed by atoms with E-state index in [0.717, 1.165) is 11.4 Å². The molecule has 0 heterocycles. The van der Waals surface area contributed by atoms with Gasteiger partial charge in [-0.05, 0) is 31.0 Å². The van der Waals surface area contributed by atoms with Crippen LogP contribution >= 0.6 is 11.6 Å². The Hall–Kier alpha value is -1.26. The SMILES string of the molecule is COCC(C)NC(N)=NCCc1ccc(Cl)cc1. The highest BCUT2D eigenvalue weighted by atomic mass is 35.5. The molecule has 4 nitrogen and oxygen atoms in total. The predicted molar refractivity (Wildman–Crippen MR) is 76.1 cm³/mol. The highest BCUT2D eigenvalue weighted by Crippen LogP contribution is 2.09. The lowest BCUT2D eigenvalue weighted by Gasteiger charge is -2.12. The van der Waals surface area contributed by atoms with E-state index < -0.39 is 0 Å². The van der Waals surface area contributed by atoms with Crippen LogP contribution in [0.1, 0.15) is 12.5 Å². The van der Waals surface area contributed by atoms with E-state index in [4.69, 9.17) is 22.1 Å². The second-order valence-electron chi connectivity index (χ2n) is 4.14. The molecule has 5 heteroatoms. The first-order chi connectivity index (χ1) is 8.61. The Kier molecular flexibility index (Phi) is 6.54. The van der Waals surface area contributed by atoms with Crippen LogP contribution < -0.4 is 11.1 Å². The van der Waals surface area contributed by atoms with Gasteiger partial charge >= 0.3 is 0 Å². The van der Waals surface area contributed by atoms with Gasteiger partial charge in [-0.15, -0.1) is 0 Å². The van der Waals surface area contributed by atoms with Crippen molar-refractivity contribution in [3.8, 4) is 0 Å². The predicted octanol–water partition coefficient (Wildman–Crippen LogP) is 1.82. The quantitative estimate of drug-likeness (QED) is 0.612. The van der Waals surface area contributed by atoms with Crippen LogP contribution in [0.25, 0.3) is 0 Å². The number of benzene rings is 1. The van der Waals surface area contributed by atoms with Gasteiger partial charge in [0.25, 0.3) is 0 Å². The molecule has 0 fully saturated rings. The minimum atomic E-state index is 0.161. The zero-order valence-corrected chi connectivity index (χ0v) is 11.6. The normalized spacial score (nSPS) is 13.4. The van der Waals surface area contributed by atoms with Crippen LogP contribution in [0.4, 0.5) is 0 Å². The molecular formula is C13H20ClN3O. The smallest absolute Gasteiger partial charge is 0.188 e. The number of nitrogens with zero attached hydrogens (tertiary/aromatic N) is 1. The maximum absolute atomic E-state index is 5.81. The van der Waals surface area contributed by atoms with E-state index in [9.17, 15) is 0 Å². The van der Waals surface area contributed by atoms with Crippen LogP contribution in [0, 0.1) is 0 Å². The molecule has 0 saturated carbocycles. The van der Waals surface area contributed by atoms with Crippen molar-refractivity contribution >= 4 is 17.6 Å². The number of ether oxygens (including phenoxy) is 1. The van der Waals surface area contributed by atoms with Crippen LogP contribution in [0.2, 0.25) is 5.02 Å². The number of nitrogens with one attached hydrogen (secondary N) is 1. The van der Waals surface area contributed by atoms with Crippen LogP contribution in [0.3, 0.4) is 0 Å². The number of aliphatic imine (C=N–C) groups is 1. The molecule has 0 amide bonds. The maximum Gasteiger partial charge on any atom is 0.188 e. The minimum absolute atomic E-state index is 0.161. The first kappa shape index (κ1) is 14.8. The summed E-state index contributed by atoms with van der Waals surface area (Å²) in [5.74, 6) is 0.452. The molecule has 1 unspecified atom stereocenters. The average Bonchev–Trinajstić information content (AvgIpc) is 2.32. The van der Waals surface area contributed by atoms with E-state index in [1.165, 1.54) is 5.56 Å². The molecule has 18 heavy (non-hydrogen) atoms. The van der Waals surface area contributed by atoms with Gasteiger partial charge in [0.2, 0.25) is 0 Å². The molecule has 0 aliphatic carbocycles. The van der Waals surface area contributed by atoms with Gasteiger partial charge in [0, 0.05) is 24.7 Å². The molecule has 1 atom stereocenters. The molecule has 1 rings (SSSR count). The molecule has 0 spiro atoms. The fourth-order valence-electron chi connectivity index (χ4n) is 1.55. The van der Waals surface area contributed by atoms with Crippen molar-refractivity contribution in [2.75, 3.05) is 20.3 Å². The third-order valence-corrected chi connectivity index (χ3v) is 2.66. The topological polar surface area (TPSA) is 59.6 Å². The van der Waals surface area contributed by atoms with Gasteiger partial charge in [0.05, 0.1) is 6.61 Å². The molecule has 100 valence electrons. The van der Waals surface area contributed by atoms with Crippen molar-refractivity contribution in [2.45, 2.75) is 19.4 Å². The summed E-state index contributed by atoms with van der Waals surface area (Å²) in [6, 6.07) is 7.91. The lowest BCUT2D eigenvalue weighted by atomic mass is 10.1. The standard InChI is InChI=1S/C13H20ClN3O/c1-10(9-18-2)17-13(15)16-8-7-11-3-5-12(14)6-4-11/h3-6,10H,7-9H2,1-2H3,(H3,15,16,17). The van der Waals surface area contributed by atoms with Gasteiger partial charge in [-0.1, -0.05) is 23.7 Å². The molecule has 0 bridgehead atoms. The number of hydrogen-bond acceptors (Lipinski definition) is 2. The second-order valence-corrected chi connectivity index (χ2v) is 4.58. The van der Waals surface area contributed by atoms with Crippen molar-refractivity contribution in [1.82, 2.24) is 5.32 Å². The summed E-state index contributed by atoms with van der Waals surface area (Å²) >= 11 is 5.81. The lowest BCUT2D eigenvalue weighted by Crippen LogP contribution is -2.40. The molecule has 0 radical (unpaired) electrons. The molecule has 0 aliphatic heterocycles. The van der Waals surface area contributed by atoms with Crippen LogP contribution in [-0.4, -0.2) is 32.3 Å². The summed E-state index contributed by atoms with van der Waals surface area (Å²) in [6.07, 6.45) is 0.845. The summed E-state index contributed by atoms with van der Waals surface area (Å²) in [5.41, 5.74) is 6.95. The minimum Gasteiger partial charge on any atom is -0.383 e. The first-order valence-electron chi connectivity index (χ1n) is 5.91. The zero-order chi connectivity index (χ0) is 13.4. The Labute approximate surface area is 113 Å². The van der Waals surface area contributed by atoms with Gasteiger partial charge in [-0.2, -0.15) is 0 Å². The van der Waals surface area contributed by atoms with Crippen molar-refractivity contribution < 1.29 is 4.74 Å². The molecular weight excluding hydrogens is 250 g/mol. The van der Waals surface area contributed by atoms with Crippen LogP contribution in [-0.2, 0) is 11.2 Å². The van der Waals surface area contributed by atoms with E-state index in [1.807, 2.05) is 31.2 Å². The zero-order valence-electron chi connectivity index (χ0n) is 10.8. The summed E-state index contributed by atoms with van der Waals surface area (Å²) in [7, 11) is 1.66. The number of guanidine groups is 1. The number of nitrogens with two attached hydrogens (primary N) is 1. The van der Waals surface area contributed by atoms with Crippen LogP contribution in [0.5, 0.6) is 0 Å². The molecule has 0 saturated heterocycles. The summed E-state index contributed by atoms with van der Waals surface area (Å²) in [5, 5.41) is 3.80. The number of halogens is 1. The van der Waals surface area contributed by atoms with Gasteiger partial charge in [-0.3, -0.25) is 4.99 Å². The molecule has 0 aliphatic rings. The summed E-state index contributed by atoms with van der Waals surface area (Å²) in [4.78, 5) is 4.26. The average molecular weight is 270 g/mol. The van der Waals surface area contributed by atoms with Crippen LogP contribution in [0.15, 0.2) is 29.3 Å². The maximum atomic E-state index is 5.81. The third-order valence-electron chi connectivity index (χ3n) is 2.41. The van der Waals surface area contributed by atoms with Crippen molar-refractivity contribution in [3.05, 3.63) is 34.9 Å². The second kappa shape index (κ2) is 7.95. The molecule has 0 aromatic heterocycles. The first-order valence-corrected chi connectivity index (χ1v) is 6.29. The lowest BCUT2D eigenvalue weighted by molar-refractivity contribution is 0.179. The Balaban J connectivity index is 2.33. The highest BCUT2D eigenvalue weighted by molar-refractivity contribution is 6.30. The number of rotatable bonds is 6. The van der Waals surface area contributed by atoms with Gasteiger partial charge in [0.15, 0.2) is 5.96 Å². The fourth-order valence-corrected chi connectivity index (χ4v) is 1.67. The van der Waals surface area contributed by atoms with E-state index >= 15 is 0 Å². The largest absolute Gasteiger partial charge is 0.383 e. The van der Waals surface area contributed by atoms with E-state index in [1.54, 1.807) is 7.11 Å². The van der Waals surface area contributed by atoms with E-state index in [-0.39, 0.29) is 6.04 Å².